The van der Waals surface area contributed by atoms with E-state index in [1.807, 2.05) is 18.2 Å². The number of nitrogens with zero attached hydrogens (tertiary/aromatic N) is 5. The molecule has 0 N–H and O–H groups in total. The summed E-state index contributed by atoms with van der Waals surface area (Å²) in [4.78, 5) is 6.34. The molecule has 0 bridgehead atoms. The molecule has 2 atom stereocenters. The molecule has 0 radical (unpaired) electrons. The van der Waals surface area contributed by atoms with E-state index < -0.39 is 18.0 Å². The van der Waals surface area contributed by atoms with Gasteiger partial charge in [-0.15, -0.1) is 10.2 Å². The number of aliphatic imine (C=N–C) groups is 1. The molecule has 5 rings (SSSR count). The van der Waals surface area contributed by atoms with Crippen molar-refractivity contribution in [1.82, 2.24) is 19.7 Å². The van der Waals surface area contributed by atoms with Crippen molar-refractivity contribution in [2.45, 2.75) is 56.9 Å². The Labute approximate surface area is 179 Å². The summed E-state index contributed by atoms with van der Waals surface area (Å²) in [5, 5.41) is 9.79. The van der Waals surface area contributed by atoms with E-state index in [-0.39, 0.29) is 11.8 Å². The molecular formula is C22H24ClF2N5. The third kappa shape index (κ3) is 3.58. The maximum absolute atomic E-state index is 14.3. The van der Waals surface area contributed by atoms with Crippen LogP contribution in [0.15, 0.2) is 35.1 Å². The van der Waals surface area contributed by atoms with Crippen molar-refractivity contribution in [2.75, 3.05) is 7.05 Å². The largest absolute Gasteiger partial charge is 0.295 e. The van der Waals surface area contributed by atoms with Crippen LogP contribution in [-0.4, -0.2) is 45.1 Å². The van der Waals surface area contributed by atoms with Crippen LogP contribution in [0.5, 0.6) is 0 Å². The average molecular weight is 432 g/mol. The molecule has 3 heterocycles. The number of aromatic nitrogens is 3. The first-order valence-electron chi connectivity index (χ1n) is 10.5. The van der Waals surface area contributed by atoms with Gasteiger partial charge >= 0.3 is 0 Å². The van der Waals surface area contributed by atoms with Gasteiger partial charge in [0.05, 0.1) is 24.5 Å². The highest BCUT2D eigenvalue weighted by atomic mass is 35.5. The van der Waals surface area contributed by atoms with Crippen LogP contribution in [-0.2, 0) is 13.1 Å². The number of dihydropyridines is 1. The smallest absolute Gasteiger partial charge is 0.151 e. The van der Waals surface area contributed by atoms with Gasteiger partial charge in [0.15, 0.2) is 5.82 Å². The van der Waals surface area contributed by atoms with Gasteiger partial charge < -0.3 is 0 Å². The van der Waals surface area contributed by atoms with Crippen LogP contribution >= 0.6 is 11.6 Å². The van der Waals surface area contributed by atoms with Gasteiger partial charge in [-0.1, -0.05) is 11.6 Å². The molecule has 0 amide bonds. The summed E-state index contributed by atoms with van der Waals surface area (Å²) in [6, 6.07) is 5.49. The molecule has 1 aromatic heterocycles. The molecule has 0 spiro atoms. The highest BCUT2D eigenvalue weighted by molar-refractivity contribution is 6.30. The molecule has 30 heavy (non-hydrogen) atoms. The number of fused-ring (bicyclic) bond motifs is 3. The Balaban J connectivity index is 1.39. The predicted molar refractivity (Wildman–Crippen MR) is 113 cm³/mol. The number of benzene rings is 1. The van der Waals surface area contributed by atoms with Crippen molar-refractivity contribution in [2.24, 2.45) is 10.9 Å². The Kier molecular flexibility index (Phi) is 5.19. The maximum atomic E-state index is 14.3. The third-order valence-electron chi connectivity index (χ3n) is 6.52. The van der Waals surface area contributed by atoms with Gasteiger partial charge in [-0.3, -0.25) is 14.5 Å². The van der Waals surface area contributed by atoms with Gasteiger partial charge in [0.2, 0.25) is 0 Å². The van der Waals surface area contributed by atoms with Crippen LogP contribution < -0.4 is 0 Å². The van der Waals surface area contributed by atoms with Crippen LogP contribution in [0.1, 0.15) is 48.8 Å². The molecule has 8 heteroatoms. The minimum atomic E-state index is -1.34. The second-order valence-electron chi connectivity index (χ2n) is 8.63. The van der Waals surface area contributed by atoms with Gasteiger partial charge in [0.25, 0.3) is 0 Å². The van der Waals surface area contributed by atoms with Crippen LogP contribution in [0.2, 0.25) is 5.02 Å². The topological polar surface area (TPSA) is 46.3 Å². The summed E-state index contributed by atoms with van der Waals surface area (Å²) in [6.07, 6.45) is 4.34. The van der Waals surface area contributed by atoms with E-state index in [1.165, 1.54) is 0 Å². The summed E-state index contributed by atoms with van der Waals surface area (Å²) in [5.74, 6) is 1.70. The third-order valence-corrected chi connectivity index (χ3v) is 6.76. The lowest BCUT2D eigenvalue weighted by Crippen LogP contribution is -2.33. The minimum Gasteiger partial charge on any atom is -0.295 e. The molecule has 5 nitrogen and oxygen atoms in total. The highest BCUT2D eigenvalue weighted by Crippen LogP contribution is 2.40. The monoisotopic (exact) mass is 431 g/mol. The van der Waals surface area contributed by atoms with E-state index in [4.69, 9.17) is 11.6 Å². The van der Waals surface area contributed by atoms with Crippen LogP contribution in [0.3, 0.4) is 0 Å². The average Bonchev–Trinajstić information content (AvgIpc) is 3.05. The molecule has 1 aromatic carbocycles. The van der Waals surface area contributed by atoms with Gasteiger partial charge in [0, 0.05) is 17.5 Å². The highest BCUT2D eigenvalue weighted by Gasteiger charge is 2.36. The van der Waals surface area contributed by atoms with Crippen molar-refractivity contribution in [3.8, 4) is 5.69 Å². The van der Waals surface area contributed by atoms with E-state index in [9.17, 15) is 8.78 Å². The molecule has 1 aliphatic carbocycles. The Bertz CT molecular complexity index is 1010. The predicted octanol–water partition coefficient (Wildman–Crippen LogP) is 4.78. The number of hydrogen-bond acceptors (Lipinski definition) is 4. The quantitative estimate of drug-likeness (QED) is 0.687. The number of allylic oxidation sites excluding steroid dienone is 1. The standard InChI is InChI=1S/C22H24ClF2N5/c1-29-11-15-8-16(23)6-7-19(15)30-20(12-29)27-28-22(30)14-4-2-13(3-5-14)21-18(25)9-17(24)10-26-21/h6-10,13-14,18,21H,2-5,11-12H2,1H3. The summed E-state index contributed by atoms with van der Waals surface area (Å²) in [6.45, 7) is 1.51. The Morgan fingerprint density at radius 2 is 1.90 bits per heavy atom. The first kappa shape index (κ1) is 19.8. The van der Waals surface area contributed by atoms with Crippen molar-refractivity contribution in [3.05, 3.63) is 52.3 Å². The van der Waals surface area contributed by atoms with Gasteiger partial charge in [-0.25, -0.2) is 8.78 Å². The molecule has 1 saturated carbocycles. The molecule has 158 valence electrons. The van der Waals surface area contributed by atoms with E-state index in [0.29, 0.717) is 6.54 Å². The normalized spacial score (nSPS) is 29.1. The van der Waals surface area contributed by atoms with E-state index in [2.05, 4.69) is 31.7 Å². The summed E-state index contributed by atoms with van der Waals surface area (Å²) >= 11 is 6.25. The molecule has 2 aliphatic heterocycles. The van der Waals surface area contributed by atoms with Crippen LogP contribution in [0.4, 0.5) is 8.78 Å². The first-order chi connectivity index (χ1) is 14.5. The Morgan fingerprint density at radius 3 is 2.67 bits per heavy atom. The molecule has 2 unspecified atom stereocenters. The zero-order valence-corrected chi connectivity index (χ0v) is 17.6. The number of alkyl halides is 1. The van der Waals surface area contributed by atoms with Gasteiger partial charge in [-0.2, -0.15) is 0 Å². The summed E-state index contributed by atoms with van der Waals surface area (Å²) < 4.78 is 29.7. The summed E-state index contributed by atoms with van der Waals surface area (Å²) in [5.41, 5.74) is 2.24. The minimum absolute atomic E-state index is 0.126. The first-order valence-corrected chi connectivity index (χ1v) is 10.8. The second-order valence-corrected chi connectivity index (χ2v) is 9.07. The second kappa shape index (κ2) is 7.85. The lowest BCUT2D eigenvalue weighted by molar-refractivity contribution is 0.210. The van der Waals surface area contributed by atoms with Gasteiger partial charge in [0.1, 0.15) is 17.8 Å². The van der Waals surface area contributed by atoms with Crippen molar-refractivity contribution in [3.63, 3.8) is 0 Å². The van der Waals surface area contributed by atoms with Crippen LogP contribution in [0.25, 0.3) is 5.69 Å². The molecule has 1 fully saturated rings. The van der Waals surface area contributed by atoms with Crippen molar-refractivity contribution < 1.29 is 8.78 Å². The zero-order valence-electron chi connectivity index (χ0n) is 16.8. The fourth-order valence-corrected chi connectivity index (χ4v) is 5.28. The number of hydrogen-bond donors (Lipinski definition) is 0. The fraction of sp³-hybridized carbons (Fsp3) is 0.500. The lowest BCUT2D eigenvalue weighted by Gasteiger charge is -2.33. The van der Waals surface area contributed by atoms with E-state index >= 15 is 0 Å². The van der Waals surface area contributed by atoms with Crippen molar-refractivity contribution in [1.29, 1.82) is 0 Å². The van der Waals surface area contributed by atoms with E-state index in [1.54, 1.807) is 0 Å². The molecule has 3 aliphatic rings. The zero-order chi connectivity index (χ0) is 20.8. The molecular weight excluding hydrogens is 408 g/mol. The Hall–Kier alpha value is -2.12. The lowest BCUT2D eigenvalue weighted by atomic mass is 9.76. The summed E-state index contributed by atoms with van der Waals surface area (Å²) in [7, 11) is 2.06. The van der Waals surface area contributed by atoms with Gasteiger partial charge in [-0.05, 0) is 68.5 Å². The fourth-order valence-electron chi connectivity index (χ4n) is 5.08. The van der Waals surface area contributed by atoms with Crippen molar-refractivity contribution >= 4 is 17.8 Å². The molecule has 0 saturated heterocycles. The maximum Gasteiger partial charge on any atom is 0.151 e. The SMILES string of the molecule is CN1Cc2cc(Cl)ccc2-n2c(nnc2C2CCC(C3N=CC(F)=CC3F)CC2)C1. The Morgan fingerprint density at radius 1 is 1.10 bits per heavy atom. The number of rotatable bonds is 2. The van der Waals surface area contributed by atoms with Crippen LogP contribution in [0, 0.1) is 5.92 Å². The van der Waals surface area contributed by atoms with E-state index in [0.717, 1.165) is 72.4 Å². The molecule has 2 aromatic rings. The number of halogens is 3.